The minimum absolute atomic E-state index is 0.259. The normalized spacial score (nSPS) is 16.3. The van der Waals surface area contributed by atoms with E-state index in [1.165, 1.54) is 11.7 Å². The number of aromatic nitrogens is 2. The van der Waals surface area contributed by atoms with Gasteiger partial charge in [-0.05, 0) is 25.7 Å². The minimum atomic E-state index is -4.46. The lowest BCUT2D eigenvalue weighted by Gasteiger charge is -2.16. The van der Waals surface area contributed by atoms with E-state index in [0.29, 0.717) is 31.4 Å². The van der Waals surface area contributed by atoms with Crippen LogP contribution in [0.25, 0.3) is 0 Å². The summed E-state index contributed by atoms with van der Waals surface area (Å²) in [7, 11) is 1.47. The predicted molar refractivity (Wildman–Crippen MR) is 62.6 cm³/mol. The molecule has 2 rings (SSSR count). The van der Waals surface area contributed by atoms with Crippen molar-refractivity contribution in [3.8, 4) is 0 Å². The van der Waals surface area contributed by atoms with Gasteiger partial charge in [0, 0.05) is 18.3 Å². The summed E-state index contributed by atoms with van der Waals surface area (Å²) in [6.45, 7) is 1.76. The van der Waals surface area contributed by atoms with Crippen LogP contribution in [0, 0.1) is 0 Å². The molecule has 1 N–H and O–H groups in total. The summed E-state index contributed by atoms with van der Waals surface area (Å²) < 4.78 is 40.1. The quantitative estimate of drug-likeness (QED) is 0.918. The average molecular weight is 275 g/mol. The molecule has 1 aliphatic rings. The van der Waals surface area contributed by atoms with Crippen molar-refractivity contribution in [3.05, 3.63) is 17.0 Å². The lowest BCUT2D eigenvalue weighted by molar-refractivity contribution is -0.142. The summed E-state index contributed by atoms with van der Waals surface area (Å²) in [6.07, 6.45) is -2.44. The van der Waals surface area contributed by atoms with Crippen molar-refractivity contribution in [1.82, 2.24) is 15.1 Å². The molecule has 7 heteroatoms. The molecule has 0 spiro atoms. The number of carbonyl (C=O) groups excluding carboxylic acids is 1. The summed E-state index contributed by atoms with van der Waals surface area (Å²) in [5.74, 6) is -0.312. The zero-order valence-corrected chi connectivity index (χ0v) is 10.8. The van der Waals surface area contributed by atoms with Gasteiger partial charge < -0.3 is 5.32 Å². The SMILES string of the molecule is CC[C@@H](C(=O)NC)n1nc(C(F)(F)F)c2c1CCC2. The molecule has 106 valence electrons. The maximum Gasteiger partial charge on any atom is 0.435 e. The second kappa shape index (κ2) is 4.86. The van der Waals surface area contributed by atoms with Crippen molar-refractivity contribution >= 4 is 5.91 Å². The number of alkyl halides is 3. The largest absolute Gasteiger partial charge is 0.435 e. The average Bonchev–Trinajstić information content (AvgIpc) is 2.91. The molecule has 1 atom stereocenters. The molecule has 0 unspecified atom stereocenters. The number of amides is 1. The molecule has 0 fully saturated rings. The van der Waals surface area contributed by atoms with Crippen molar-refractivity contribution in [2.24, 2.45) is 0 Å². The first-order valence-corrected chi connectivity index (χ1v) is 6.29. The molecule has 19 heavy (non-hydrogen) atoms. The van der Waals surface area contributed by atoms with Gasteiger partial charge in [0.25, 0.3) is 0 Å². The van der Waals surface area contributed by atoms with Gasteiger partial charge in [-0.1, -0.05) is 6.92 Å². The molecule has 0 saturated heterocycles. The van der Waals surface area contributed by atoms with Crippen LogP contribution in [0.3, 0.4) is 0 Å². The van der Waals surface area contributed by atoms with E-state index in [1.807, 2.05) is 0 Å². The fourth-order valence-corrected chi connectivity index (χ4v) is 2.59. The Morgan fingerprint density at radius 2 is 2.16 bits per heavy atom. The third-order valence-electron chi connectivity index (χ3n) is 3.46. The van der Waals surface area contributed by atoms with Crippen LogP contribution in [0.2, 0.25) is 0 Å². The van der Waals surface area contributed by atoms with Crippen LogP contribution in [0.15, 0.2) is 0 Å². The van der Waals surface area contributed by atoms with E-state index in [2.05, 4.69) is 10.4 Å². The summed E-state index contributed by atoms with van der Waals surface area (Å²) in [5, 5.41) is 6.15. The summed E-state index contributed by atoms with van der Waals surface area (Å²) >= 11 is 0. The van der Waals surface area contributed by atoms with E-state index < -0.39 is 17.9 Å². The summed E-state index contributed by atoms with van der Waals surface area (Å²) in [4.78, 5) is 11.7. The predicted octanol–water partition coefficient (Wildman–Crippen LogP) is 2.09. The lowest BCUT2D eigenvalue weighted by Crippen LogP contribution is -2.31. The van der Waals surface area contributed by atoms with Gasteiger partial charge >= 0.3 is 6.18 Å². The highest BCUT2D eigenvalue weighted by atomic mass is 19.4. The van der Waals surface area contributed by atoms with Crippen molar-refractivity contribution in [2.45, 2.75) is 44.8 Å². The van der Waals surface area contributed by atoms with E-state index in [-0.39, 0.29) is 11.5 Å². The van der Waals surface area contributed by atoms with Crippen LogP contribution in [0.4, 0.5) is 13.2 Å². The van der Waals surface area contributed by atoms with Crippen molar-refractivity contribution in [2.75, 3.05) is 7.05 Å². The van der Waals surface area contributed by atoms with Gasteiger partial charge in [-0.25, -0.2) is 0 Å². The first-order valence-electron chi connectivity index (χ1n) is 6.29. The molecule has 1 aromatic rings. The highest BCUT2D eigenvalue weighted by molar-refractivity contribution is 5.80. The number of halogens is 3. The smallest absolute Gasteiger partial charge is 0.357 e. The second-order valence-corrected chi connectivity index (χ2v) is 4.61. The molecule has 1 heterocycles. The Morgan fingerprint density at radius 1 is 1.47 bits per heavy atom. The molecule has 0 saturated carbocycles. The molecule has 1 aromatic heterocycles. The fourth-order valence-electron chi connectivity index (χ4n) is 2.59. The van der Waals surface area contributed by atoms with E-state index in [0.717, 1.165) is 0 Å². The first kappa shape index (κ1) is 13.9. The van der Waals surface area contributed by atoms with Gasteiger partial charge in [-0.15, -0.1) is 0 Å². The van der Waals surface area contributed by atoms with Crippen LogP contribution in [0.5, 0.6) is 0 Å². The van der Waals surface area contributed by atoms with Gasteiger partial charge in [0.2, 0.25) is 5.91 Å². The summed E-state index contributed by atoms with van der Waals surface area (Å²) in [5.41, 5.74) is -0.0139. The number of carbonyl (C=O) groups is 1. The maximum absolute atomic E-state index is 12.9. The number of hydrogen-bond donors (Lipinski definition) is 1. The van der Waals surface area contributed by atoms with Crippen LogP contribution >= 0.6 is 0 Å². The van der Waals surface area contributed by atoms with Gasteiger partial charge in [0.1, 0.15) is 6.04 Å². The van der Waals surface area contributed by atoms with Crippen LogP contribution < -0.4 is 5.32 Å². The molecule has 0 aliphatic heterocycles. The molecule has 0 radical (unpaired) electrons. The Kier molecular flexibility index (Phi) is 3.56. The molecule has 0 aromatic carbocycles. The van der Waals surface area contributed by atoms with Crippen LogP contribution in [-0.2, 0) is 23.8 Å². The molecular formula is C12H16F3N3O. The highest BCUT2D eigenvalue weighted by Crippen LogP contribution is 2.37. The molecular weight excluding hydrogens is 259 g/mol. The van der Waals surface area contributed by atoms with Gasteiger partial charge in [-0.2, -0.15) is 18.3 Å². The number of hydrogen-bond acceptors (Lipinski definition) is 2. The topological polar surface area (TPSA) is 46.9 Å². The molecule has 4 nitrogen and oxygen atoms in total. The van der Waals surface area contributed by atoms with E-state index in [1.54, 1.807) is 6.92 Å². The van der Waals surface area contributed by atoms with Crippen molar-refractivity contribution < 1.29 is 18.0 Å². The Bertz CT molecular complexity index is 493. The van der Waals surface area contributed by atoms with Gasteiger partial charge in [-0.3, -0.25) is 9.48 Å². The minimum Gasteiger partial charge on any atom is -0.357 e. The molecule has 0 bridgehead atoms. The Labute approximate surface area is 109 Å². The second-order valence-electron chi connectivity index (χ2n) is 4.61. The Hall–Kier alpha value is -1.53. The van der Waals surface area contributed by atoms with E-state index in [4.69, 9.17) is 0 Å². The monoisotopic (exact) mass is 275 g/mol. The third kappa shape index (κ3) is 2.33. The zero-order chi connectivity index (χ0) is 14.2. The zero-order valence-electron chi connectivity index (χ0n) is 10.8. The highest BCUT2D eigenvalue weighted by Gasteiger charge is 2.41. The molecule has 1 aliphatic carbocycles. The number of nitrogens with zero attached hydrogens (tertiary/aromatic N) is 2. The first-order chi connectivity index (χ1) is 8.90. The Balaban J connectivity index is 2.50. The number of nitrogens with one attached hydrogen (secondary N) is 1. The lowest BCUT2D eigenvalue weighted by atomic mass is 10.2. The number of rotatable bonds is 3. The van der Waals surface area contributed by atoms with Gasteiger partial charge in [0.15, 0.2) is 5.69 Å². The fraction of sp³-hybridized carbons (Fsp3) is 0.667. The summed E-state index contributed by atoms with van der Waals surface area (Å²) in [6, 6.07) is -0.673. The molecule has 1 amide bonds. The van der Waals surface area contributed by atoms with Gasteiger partial charge in [0.05, 0.1) is 0 Å². The van der Waals surface area contributed by atoms with E-state index in [9.17, 15) is 18.0 Å². The van der Waals surface area contributed by atoms with Crippen molar-refractivity contribution in [3.63, 3.8) is 0 Å². The maximum atomic E-state index is 12.9. The van der Waals surface area contributed by atoms with Crippen LogP contribution in [0.1, 0.15) is 42.8 Å². The van der Waals surface area contributed by atoms with Crippen molar-refractivity contribution in [1.29, 1.82) is 0 Å². The number of fused-ring (bicyclic) bond motifs is 1. The number of likely N-dealkylation sites (N-methyl/N-ethyl adjacent to an activating group) is 1. The Morgan fingerprint density at radius 3 is 2.68 bits per heavy atom. The van der Waals surface area contributed by atoms with Crippen LogP contribution in [-0.4, -0.2) is 22.7 Å². The van der Waals surface area contributed by atoms with E-state index >= 15 is 0 Å². The standard InChI is InChI=1S/C12H16F3N3O/c1-3-8(11(19)16-2)18-9-6-4-5-7(9)10(17-18)12(13,14)15/h8H,3-6H2,1-2H3,(H,16,19)/t8-/m0/s1. The third-order valence-corrected chi connectivity index (χ3v) is 3.46.